The minimum Gasteiger partial charge on any atom is -0.370 e. The summed E-state index contributed by atoms with van der Waals surface area (Å²) in [6, 6.07) is 2.60. The fourth-order valence-electron chi connectivity index (χ4n) is 3.39. The number of anilines is 2. The van der Waals surface area contributed by atoms with Gasteiger partial charge in [0, 0.05) is 43.5 Å². The number of hydrogen-bond acceptors (Lipinski definition) is 4. The van der Waals surface area contributed by atoms with Crippen molar-refractivity contribution in [2.75, 3.05) is 36.5 Å². The molecule has 0 unspecified atom stereocenters. The minimum absolute atomic E-state index is 0.0362. The van der Waals surface area contributed by atoms with E-state index in [0.29, 0.717) is 16.9 Å². The molecule has 1 aliphatic heterocycles. The number of piperidine rings is 1. The third-order valence-corrected chi connectivity index (χ3v) is 5.35. The van der Waals surface area contributed by atoms with Gasteiger partial charge in [0.05, 0.1) is 0 Å². The van der Waals surface area contributed by atoms with Crippen molar-refractivity contribution in [3.63, 3.8) is 0 Å². The Bertz CT molecular complexity index is 723. The van der Waals surface area contributed by atoms with Crippen LogP contribution in [0.3, 0.4) is 0 Å². The van der Waals surface area contributed by atoms with E-state index < -0.39 is 11.6 Å². The average molecular weight is 425 g/mol. The summed E-state index contributed by atoms with van der Waals surface area (Å²) in [6.45, 7) is 4.42. The lowest BCUT2D eigenvalue weighted by atomic mass is 9.96. The Kier molecular flexibility index (Phi) is 6.06. The zero-order valence-electron chi connectivity index (χ0n) is 15.1. The molecular formula is C19H23BrF2N4. The van der Waals surface area contributed by atoms with Crippen molar-refractivity contribution >= 4 is 27.6 Å². The molecule has 1 aliphatic rings. The van der Waals surface area contributed by atoms with Crippen LogP contribution in [0.2, 0.25) is 0 Å². The lowest BCUT2D eigenvalue weighted by Crippen LogP contribution is -2.39. The molecule has 0 atom stereocenters. The quantitative estimate of drug-likeness (QED) is 0.710. The molecule has 0 radical (unpaired) electrons. The number of hydrogen-bond donors (Lipinski definition) is 0. The summed E-state index contributed by atoms with van der Waals surface area (Å²) in [6.07, 6.45) is 6.58. The molecule has 0 spiro atoms. The Morgan fingerprint density at radius 1 is 1.15 bits per heavy atom. The molecule has 0 bridgehead atoms. The first-order valence-electron chi connectivity index (χ1n) is 8.89. The second-order valence-corrected chi connectivity index (χ2v) is 7.69. The van der Waals surface area contributed by atoms with E-state index in [0.717, 1.165) is 43.9 Å². The summed E-state index contributed by atoms with van der Waals surface area (Å²) >= 11 is 3.12. The van der Waals surface area contributed by atoms with Gasteiger partial charge in [0.25, 0.3) is 0 Å². The third kappa shape index (κ3) is 4.31. The van der Waals surface area contributed by atoms with Gasteiger partial charge in [-0.1, -0.05) is 22.9 Å². The van der Waals surface area contributed by atoms with E-state index in [9.17, 15) is 8.78 Å². The van der Waals surface area contributed by atoms with Crippen molar-refractivity contribution in [2.45, 2.75) is 26.2 Å². The molecule has 3 rings (SSSR count). The van der Waals surface area contributed by atoms with Gasteiger partial charge in [0.15, 0.2) is 11.6 Å². The monoisotopic (exact) mass is 424 g/mol. The van der Waals surface area contributed by atoms with Crippen LogP contribution in [0.1, 0.15) is 25.3 Å². The first-order valence-corrected chi connectivity index (χ1v) is 9.68. The molecule has 2 aromatic rings. The van der Waals surface area contributed by atoms with Gasteiger partial charge in [-0.05, 0) is 42.9 Å². The Morgan fingerprint density at radius 2 is 1.73 bits per heavy atom. The highest BCUT2D eigenvalue weighted by Crippen LogP contribution is 2.29. The van der Waals surface area contributed by atoms with Crippen LogP contribution < -0.4 is 9.80 Å². The SMILES string of the molecule is CCc1cnc(N2CCC(CN(C)c3c(F)cc(Br)cc3F)CC2)nc1. The molecule has 0 amide bonds. The molecule has 2 heterocycles. The number of aromatic nitrogens is 2. The van der Waals surface area contributed by atoms with E-state index in [4.69, 9.17) is 0 Å². The summed E-state index contributed by atoms with van der Waals surface area (Å²) in [7, 11) is 1.74. The average Bonchev–Trinajstić information content (AvgIpc) is 2.61. The molecule has 1 aromatic carbocycles. The highest BCUT2D eigenvalue weighted by molar-refractivity contribution is 9.10. The molecule has 1 saturated heterocycles. The highest BCUT2D eigenvalue weighted by Gasteiger charge is 2.24. The van der Waals surface area contributed by atoms with Gasteiger partial charge in [-0.3, -0.25) is 0 Å². The lowest BCUT2D eigenvalue weighted by molar-refractivity contribution is 0.403. The molecule has 0 saturated carbocycles. The van der Waals surface area contributed by atoms with Gasteiger partial charge in [-0.15, -0.1) is 0 Å². The molecule has 0 N–H and O–H groups in total. The van der Waals surface area contributed by atoms with Crippen molar-refractivity contribution in [1.29, 1.82) is 0 Å². The van der Waals surface area contributed by atoms with E-state index in [1.54, 1.807) is 11.9 Å². The van der Waals surface area contributed by atoms with E-state index in [-0.39, 0.29) is 5.69 Å². The van der Waals surface area contributed by atoms with Crippen LogP contribution >= 0.6 is 15.9 Å². The van der Waals surface area contributed by atoms with Crippen molar-refractivity contribution < 1.29 is 8.78 Å². The van der Waals surface area contributed by atoms with Crippen LogP contribution in [-0.4, -0.2) is 36.6 Å². The normalized spacial score (nSPS) is 15.3. The van der Waals surface area contributed by atoms with E-state index in [1.807, 2.05) is 12.4 Å². The van der Waals surface area contributed by atoms with Crippen molar-refractivity contribution in [2.24, 2.45) is 5.92 Å². The van der Waals surface area contributed by atoms with Gasteiger partial charge in [-0.2, -0.15) is 0 Å². The van der Waals surface area contributed by atoms with Crippen LogP contribution in [0.4, 0.5) is 20.4 Å². The zero-order valence-corrected chi connectivity index (χ0v) is 16.6. The maximum atomic E-state index is 14.1. The predicted molar refractivity (Wildman–Crippen MR) is 104 cm³/mol. The lowest BCUT2D eigenvalue weighted by Gasteiger charge is -2.34. The van der Waals surface area contributed by atoms with Crippen molar-refractivity contribution in [3.05, 3.63) is 46.2 Å². The van der Waals surface area contributed by atoms with Crippen LogP contribution in [0.15, 0.2) is 29.0 Å². The molecule has 4 nitrogen and oxygen atoms in total. The van der Waals surface area contributed by atoms with Gasteiger partial charge in [0.2, 0.25) is 5.95 Å². The number of benzene rings is 1. The predicted octanol–water partition coefficient (Wildman–Crippen LogP) is 4.43. The summed E-state index contributed by atoms with van der Waals surface area (Å²) < 4.78 is 28.7. The second-order valence-electron chi connectivity index (χ2n) is 6.77. The number of rotatable bonds is 5. The fraction of sp³-hybridized carbons (Fsp3) is 0.474. The van der Waals surface area contributed by atoms with Crippen LogP contribution in [-0.2, 0) is 6.42 Å². The number of aryl methyl sites for hydroxylation is 1. The molecule has 0 aliphatic carbocycles. The Balaban J connectivity index is 1.58. The maximum absolute atomic E-state index is 14.1. The van der Waals surface area contributed by atoms with Crippen LogP contribution in [0, 0.1) is 17.6 Å². The Morgan fingerprint density at radius 3 is 2.27 bits per heavy atom. The fourth-order valence-corrected chi connectivity index (χ4v) is 3.79. The van der Waals surface area contributed by atoms with E-state index >= 15 is 0 Å². The first kappa shape index (κ1) is 19.0. The largest absolute Gasteiger partial charge is 0.370 e. The summed E-state index contributed by atoms with van der Waals surface area (Å²) in [5, 5.41) is 0. The summed E-state index contributed by atoms with van der Waals surface area (Å²) in [5.41, 5.74) is 1.16. The topological polar surface area (TPSA) is 32.3 Å². The summed E-state index contributed by atoms with van der Waals surface area (Å²) in [5.74, 6) is 0.0649. The summed E-state index contributed by atoms with van der Waals surface area (Å²) in [4.78, 5) is 12.7. The molecule has 26 heavy (non-hydrogen) atoms. The van der Waals surface area contributed by atoms with E-state index in [2.05, 4.69) is 37.7 Å². The van der Waals surface area contributed by atoms with Crippen LogP contribution in [0.25, 0.3) is 0 Å². The smallest absolute Gasteiger partial charge is 0.225 e. The van der Waals surface area contributed by atoms with E-state index in [1.165, 1.54) is 12.1 Å². The first-order chi connectivity index (χ1) is 12.5. The van der Waals surface area contributed by atoms with Gasteiger partial charge < -0.3 is 9.80 Å². The highest BCUT2D eigenvalue weighted by atomic mass is 79.9. The minimum atomic E-state index is -0.541. The Hall–Kier alpha value is -1.76. The zero-order chi connectivity index (χ0) is 18.7. The molecule has 1 aromatic heterocycles. The molecule has 140 valence electrons. The van der Waals surface area contributed by atoms with Gasteiger partial charge >= 0.3 is 0 Å². The van der Waals surface area contributed by atoms with Gasteiger partial charge in [-0.25, -0.2) is 18.7 Å². The van der Waals surface area contributed by atoms with Crippen molar-refractivity contribution in [3.8, 4) is 0 Å². The third-order valence-electron chi connectivity index (χ3n) is 4.89. The van der Waals surface area contributed by atoms with Gasteiger partial charge in [0.1, 0.15) is 5.69 Å². The number of nitrogens with zero attached hydrogens (tertiary/aromatic N) is 4. The van der Waals surface area contributed by atoms with Crippen molar-refractivity contribution in [1.82, 2.24) is 9.97 Å². The molecule has 1 fully saturated rings. The Labute approximate surface area is 161 Å². The standard InChI is InChI=1S/C19H23BrF2N4/c1-3-13-10-23-19(24-11-13)26-6-4-14(5-7-26)12-25(2)18-16(21)8-15(20)9-17(18)22/h8-11,14H,3-7,12H2,1-2H3. The van der Waals surface area contributed by atoms with Crippen LogP contribution in [0.5, 0.6) is 0 Å². The molecular weight excluding hydrogens is 402 g/mol. The number of halogens is 3. The molecule has 7 heteroatoms. The second kappa shape index (κ2) is 8.29. The maximum Gasteiger partial charge on any atom is 0.225 e.